The van der Waals surface area contributed by atoms with Crippen molar-refractivity contribution >= 4 is 15.8 Å². The number of sulfone groups is 1. The second-order valence-electron chi connectivity index (χ2n) is 7.18. The number of aromatic nitrogens is 4. The van der Waals surface area contributed by atoms with Crippen LogP contribution < -0.4 is 5.56 Å². The zero-order valence-electron chi connectivity index (χ0n) is 16.8. The summed E-state index contributed by atoms with van der Waals surface area (Å²) in [5.74, 6) is -1.00. The standard InChI is InChI=1S/C20H19FN4O5S/c1-30-19(27)15-4-3-11-24-18(26)16(12-5-7-13(21)8-6-12)17(25(15)24)14-9-10-22-20(23-14)31(2,28)29/h5-10,15H,3-4,11H2,1-2H3. The average molecular weight is 446 g/mol. The number of halogens is 1. The van der Waals surface area contributed by atoms with Crippen molar-refractivity contribution in [2.24, 2.45) is 0 Å². The molecule has 1 aliphatic heterocycles. The van der Waals surface area contributed by atoms with Gasteiger partial charge in [0, 0.05) is 19.0 Å². The highest BCUT2D eigenvalue weighted by molar-refractivity contribution is 7.90. The summed E-state index contributed by atoms with van der Waals surface area (Å²) in [6.45, 7) is 0.352. The van der Waals surface area contributed by atoms with Crippen LogP contribution in [-0.2, 0) is 25.9 Å². The molecule has 3 heterocycles. The van der Waals surface area contributed by atoms with Crippen molar-refractivity contribution in [3.05, 3.63) is 52.7 Å². The molecule has 0 saturated heterocycles. The molecule has 0 radical (unpaired) electrons. The topological polar surface area (TPSA) is 113 Å². The molecule has 2 aromatic heterocycles. The molecule has 31 heavy (non-hydrogen) atoms. The second kappa shape index (κ2) is 7.73. The van der Waals surface area contributed by atoms with E-state index >= 15 is 0 Å². The highest BCUT2D eigenvalue weighted by Crippen LogP contribution is 2.35. The lowest BCUT2D eigenvalue weighted by Gasteiger charge is -2.27. The summed E-state index contributed by atoms with van der Waals surface area (Å²) in [6.07, 6.45) is 3.26. The van der Waals surface area contributed by atoms with E-state index in [-0.39, 0.29) is 17.0 Å². The Hall–Kier alpha value is -3.34. The van der Waals surface area contributed by atoms with Gasteiger partial charge in [-0.25, -0.2) is 32.3 Å². The summed E-state index contributed by atoms with van der Waals surface area (Å²) in [6, 6.07) is 6.02. The Labute approximate surface area is 177 Å². The molecule has 0 saturated carbocycles. The van der Waals surface area contributed by atoms with Gasteiger partial charge in [-0.2, -0.15) is 0 Å². The lowest BCUT2D eigenvalue weighted by Crippen LogP contribution is -2.35. The summed E-state index contributed by atoms with van der Waals surface area (Å²) < 4.78 is 45.4. The fourth-order valence-electron chi connectivity index (χ4n) is 3.78. The van der Waals surface area contributed by atoms with Crippen molar-refractivity contribution in [3.8, 4) is 22.5 Å². The van der Waals surface area contributed by atoms with Gasteiger partial charge in [-0.3, -0.25) is 9.48 Å². The Morgan fingerprint density at radius 2 is 1.94 bits per heavy atom. The number of nitrogens with zero attached hydrogens (tertiary/aromatic N) is 4. The maximum absolute atomic E-state index is 13.5. The number of hydrogen-bond acceptors (Lipinski definition) is 7. The van der Waals surface area contributed by atoms with Crippen LogP contribution in [0.4, 0.5) is 4.39 Å². The van der Waals surface area contributed by atoms with Crippen LogP contribution in [0.25, 0.3) is 22.5 Å². The Bertz CT molecular complexity index is 1330. The predicted octanol–water partition coefficient (Wildman–Crippen LogP) is 1.82. The summed E-state index contributed by atoms with van der Waals surface area (Å²) in [4.78, 5) is 33.8. The molecule has 162 valence electrons. The van der Waals surface area contributed by atoms with E-state index in [1.54, 1.807) is 0 Å². The molecule has 1 atom stereocenters. The van der Waals surface area contributed by atoms with Crippen molar-refractivity contribution in [1.29, 1.82) is 0 Å². The van der Waals surface area contributed by atoms with Crippen molar-refractivity contribution in [3.63, 3.8) is 0 Å². The Morgan fingerprint density at radius 3 is 2.58 bits per heavy atom. The molecule has 3 aromatic rings. The smallest absolute Gasteiger partial charge is 0.330 e. The normalized spacial score (nSPS) is 16.0. The first-order valence-electron chi connectivity index (χ1n) is 9.45. The van der Waals surface area contributed by atoms with E-state index < -0.39 is 38.4 Å². The van der Waals surface area contributed by atoms with E-state index in [1.165, 1.54) is 53.0 Å². The van der Waals surface area contributed by atoms with Gasteiger partial charge in [0.2, 0.25) is 15.0 Å². The van der Waals surface area contributed by atoms with Gasteiger partial charge in [-0.05, 0) is 36.6 Å². The molecule has 0 aliphatic carbocycles. The van der Waals surface area contributed by atoms with Gasteiger partial charge in [-0.1, -0.05) is 12.1 Å². The van der Waals surface area contributed by atoms with Gasteiger partial charge in [0.05, 0.1) is 24.1 Å². The number of carbonyl (C=O) groups is 1. The first-order chi connectivity index (χ1) is 14.7. The quantitative estimate of drug-likeness (QED) is 0.444. The number of ether oxygens (including phenoxy) is 1. The van der Waals surface area contributed by atoms with Gasteiger partial charge in [0.25, 0.3) is 5.56 Å². The van der Waals surface area contributed by atoms with E-state index in [0.29, 0.717) is 24.9 Å². The maximum atomic E-state index is 13.5. The molecular formula is C20H19FN4O5S. The number of esters is 1. The Morgan fingerprint density at radius 1 is 1.23 bits per heavy atom. The molecule has 1 unspecified atom stereocenters. The van der Waals surface area contributed by atoms with Gasteiger partial charge in [-0.15, -0.1) is 0 Å². The summed E-state index contributed by atoms with van der Waals surface area (Å²) in [5, 5.41) is -0.409. The van der Waals surface area contributed by atoms with E-state index in [2.05, 4.69) is 9.97 Å². The van der Waals surface area contributed by atoms with E-state index in [9.17, 15) is 22.4 Å². The van der Waals surface area contributed by atoms with E-state index in [4.69, 9.17) is 4.74 Å². The SMILES string of the molecule is COC(=O)C1CCCn2c(=O)c(-c3ccc(F)cc3)c(-c3ccnc(S(C)(=O)=O)n3)n21. The molecule has 11 heteroatoms. The molecule has 1 aliphatic rings. The van der Waals surface area contributed by atoms with Gasteiger partial charge < -0.3 is 4.74 Å². The number of rotatable bonds is 4. The van der Waals surface area contributed by atoms with Gasteiger partial charge >= 0.3 is 5.97 Å². The Kier molecular flexibility index (Phi) is 5.21. The van der Waals surface area contributed by atoms with Gasteiger partial charge in [0.1, 0.15) is 11.9 Å². The molecule has 0 N–H and O–H groups in total. The number of fused-ring (bicyclic) bond motifs is 1. The Balaban J connectivity index is 2.08. The summed E-state index contributed by atoms with van der Waals surface area (Å²) in [7, 11) is -2.46. The fraction of sp³-hybridized carbons (Fsp3) is 0.300. The van der Waals surface area contributed by atoms with Gasteiger partial charge in [0.15, 0.2) is 0 Å². The van der Waals surface area contributed by atoms with Crippen LogP contribution in [0.3, 0.4) is 0 Å². The summed E-state index contributed by atoms with van der Waals surface area (Å²) in [5.41, 5.74) is 0.614. The third-order valence-electron chi connectivity index (χ3n) is 5.13. The minimum Gasteiger partial charge on any atom is -0.467 e. The van der Waals surface area contributed by atoms with Crippen LogP contribution in [0.1, 0.15) is 18.9 Å². The third kappa shape index (κ3) is 3.65. The highest BCUT2D eigenvalue weighted by atomic mass is 32.2. The van der Waals surface area contributed by atoms with E-state index in [1.807, 2.05) is 0 Å². The van der Waals surface area contributed by atoms with E-state index in [0.717, 1.165) is 6.26 Å². The zero-order chi connectivity index (χ0) is 22.3. The fourth-order valence-corrected chi connectivity index (χ4v) is 4.30. The minimum absolute atomic E-state index is 0.154. The summed E-state index contributed by atoms with van der Waals surface area (Å²) >= 11 is 0. The minimum atomic E-state index is -3.72. The highest BCUT2D eigenvalue weighted by Gasteiger charge is 2.34. The van der Waals surface area contributed by atoms with Crippen LogP contribution in [0.5, 0.6) is 0 Å². The number of methoxy groups -OCH3 is 1. The van der Waals surface area contributed by atoms with Crippen molar-refractivity contribution < 1.29 is 22.3 Å². The molecule has 9 nitrogen and oxygen atoms in total. The largest absolute Gasteiger partial charge is 0.467 e. The first kappa shape index (κ1) is 20.9. The van der Waals surface area contributed by atoms with Crippen LogP contribution in [0, 0.1) is 5.82 Å². The molecule has 4 rings (SSSR count). The van der Waals surface area contributed by atoms with Crippen LogP contribution in [0.15, 0.2) is 46.5 Å². The lowest BCUT2D eigenvalue weighted by molar-refractivity contribution is -0.146. The van der Waals surface area contributed by atoms with Crippen molar-refractivity contribution in [2.75, 3.05) is 13.4 Å². The lowest BCUT2D eigenvalue weighted by atomic mass is 10.0. The van der Waals surface area contributed by atoms with Crippen LogP contribution in [0.2, 0.25) is 0 Å². The van der Waals surface area contributed by atoms with Crippen molar-refractivity contribution in [1.82, 2.24) is 19.3 Å². The average Bonchev–Trinajstić information content (AvgIpc) is 3.06. The molecule has 1 aromatic carbocycles. The number of carbonyl (C=O) groups excluding carboxylic acids is 1. The molecule has 0 fully saturated rings. The predicted molar refractivity (Wildman–Crippen MR) is 109 cm³/mol. The van der Waals surface area contributed by atoms with Crippen LogP contribution >= 0.6 is 0 Å². The monoisotopic (exact) mass is 446 g/mol. The second-order valence-corrected chi connectivity index (χ2v) is 9.09. The molecule has 0 spiro atoms. The number of benzene rings is 1. The molecule has 0 amide bonds. The third-order valence-corrected chi connectivity index (χ3v) is 5.99. The zero-order valence-corrected chi connectivity index (χ0v) is 17.6. The molecule has 0 bridgehead atoms. The maximum Gasteiger partial charge on any atom is 0.330 e. The van der Waals surface area contributed by atoms with Crippen molar-refractivity contribution in [2.45, 2.75) is 30.6 Å². The van der Waals surface area contributed by atoms with Crippen LogP contribution in [-0.4, -0.2) is 47.1 Å². The molecular weight excluding hydrogens is 427 g/mol. The number of hydrogen-bond donors (Lipinski definition) is 0. The first-order valence-corrected chi connectivity index (χ1v) is 11.3.